The predicted octanol–water partition coefficient (Wildman–Crippen LogP) is 2.26. The van der Waals surface area contributed by atoms with Crippen molar-refractivity contribution < 1.29 is 18.0 Å². The number of benzene rings is 2. The zero-order valence-electron chi connectivity index (χ0n) is 15.4. The maximum atomic E-state index is 12.6. The van der Waals surface area contributed by atoms with Gasteiger partial charge in [-0.3, -0.25) is 9.69 Å². The van der Waals surface area contributed by atoms with E-state index < -0.39 is 15.9 Å². The van der Waals surface area contributed by atoms with E-state index in [0.717, 1.165) is 5.56 Å². The minimum atomic E-state index is -3.98. The zero-order valence-corrected chi connectivity index (χ0v) is 16.2. The van der Waals surface area contributed by atoms with Crippen molar-refractivity contribution in [1.29, 1.82) is 0 Å². The highest BCUT2D eigenvalue weighted by atomic mass is 32.2. The van der Waals surface area contributed by atoms with Gasteiger partial charge in [0.15, 0.2) is 0 Å². The Kier molecular flexibility index (Phi) is 4.93. The van der Waals surface area contributed by atoms with Crippen LogP contribution in [0.3, 0.4) is 0 Å². The highest BCUT2D eigenvalue weighted by Gasteiger charge is 2.24. The molecule has 0 unspecified atom stereocenters. The Labute approximate surface area is 158 Å². The summed E-state index contributed by atoms with van der Waals surface area (Å²) in [6, 6.07) is 9.61. The third kappa shape index (κ3) is 3.80. The number of amides is 3. The Hall–Kier alpha value is -2.87. The van der Waals surface area contributed by atoms with E-state index in [0.29, 0.717) is 29.9 Å². The molecule has 0 atom stereocenters. The molecule has 1 saturated heterocycles. The van der Waals surface area contributed by atoms with Crippen LogP contribution in [0.15, 0.2) is 41.3 Å². The summed E-state index contributed by atoms with van der Waals surface area (Å²) in [4.78, 5) is 26.0. The van der Waals surface area contributed by atoms with Gasteiger partial charge in [0, 0.05) is 24.3 Å². The number of carbonyl (C=O) groups is 2. The van der Waals surface area contributed by atoms with Crippen LogP contribution >= 0.6 is 0 Å². The van der Waals surface area contributed by atoms with Crippen molar-refractivity contribution in [3.63, 3.8) is 0 Å². The molecule has 2 aromatic rings. The van der Waals surface area contributed by atoms with Crippen molar-refractivity contribution in [2.24, 2.45) is 0 Å². The first-order valence-electron chi connectivity index (χ1n) is 8.49. The van der Waals surface area contributed by atoms with Gasteiger partial charge in [0.2, 0.25) is 0 Å². The number of rotatable bonds is 4. The topological polar surface area (TPSA) is 95.6 Å². The summed E-state index contributed by atoms with van der Waals surface area (Å²) in [5.41, 5.74) is 2.97. The quantitative estimate of drug-likeness (QED) is 0.841. The van der Waals surface area contributed by atoms with Crippen LogP contribution in [-0.2, 0) is 10.0 Å². The Morgan fingerprint density at radius 1 is 1.07 bits per heavy atom. The van der Waals surface area contributed by atoms with Crippen molar-refractivity contribution in [1.82, 2.24) is 10.0 Å². The van der Waals surface area contributed by atoms with Gasteiger partial charge in [-0.25, -0.2) is 17.9 Å². The molecule has 7 nitrogen and oxygen atoms in total. The molecule has 0 bridgehead atoms. The van der Waals surface area contributed by atoms with Crippen LogP contribution in [0.5, 0.6) is 0 Å². The van der Waals surface area contributed by atoms with Crippen LogP contribution in [0.2, 0.25) is 0 Å². The fourth-order valence-corrected chi connectivity index (χ4v) is 4.34. The molecule has 1 aliphatic heterocycles. The van der Waals surface area contributed by atoms with E-state index in [9.17, 15) is 18.0 Å². The van der Waals surface area contributed by atoms with Gasteiger partial charge in [-0.2, -0.15) is 0 Å². The zero-order chi connectivity index (χ0) is 19.8. The Balaban J connectivity index is 1.85. The largest absolute Gasteiger partial charge is 0.336 e. The third-order valence-electron chi connectivity index (χ3n) is 4.47. The van der Waals surface area contributed by atoms with E-state index in [1.54, 1.807) is 43.9 Å². The number of hydrogen-bond donors (Lipinski definition) is 2. The number of sulfonamides is 1. The summed E-state index contributed by atoms with van der Waals surface area (Å²) in [7, 11) is -3.98. The Morgan fingerprint density at radius 2 is 1.81 bits per heavy atom. The minimum absolute atomic E-state index is 0.0814. The van der Waals surface area contributed by atoms with Gasteiger partial charge < -0.3 is 5.32 Å². The van der Waals surface area contributed by atoms with Crippen LogP contribution in [0, 0.1) is 20.8 Å². The summed E-state index contributed by atoms with van der Waals surface area (Å²) in [6.07, 6.45) is 0. The standard InChI is InChI=1S/C19H21N3O4S/c1-12-4-5-13(2)17(10-12)27(25,26)21-18(23)15-6-7-16(14(3)11-15)22-9-8-20-19(22)24/h4-7,10-11H,8-9H2,1-3H3,(H,20,24)(H,21,23). The molecular formula is C19H21N3O4S. The number of aryl methyl sites for hydroxylation is 3. The van der Waals surface area contributed by atoms with Crippen molar-refractivity contribution >= 4 is 27.6 Å². The molecule has 27 heavy (non-hydrogen) atoms. The van der Waals surface area contributed by atoms with Crippen molar-refractivity contribution in [3.05, 3.63) is 58.7 Å². The third-order valence-corrected chi connectivity index (χ3v) is 5.94. The molecule has 2 N–H and O–H groups in total. The Bertz CT molecular complexity index is 1030. The highest BCUT2D eigenvalue weighted by molar-refractivity contribution is 7.90. The van der Waals surface area contributed by atoms with E-state index in [4.69, 9.17) is 0 Å². The highest BCUT2D eigenvalue weighted by Crippen LogP contribution is 2.23. The molecule has 3 amide bonds. The van der Waals surface area contributed by atoms with Gasteiger partial charge >= 0.3 is 6.03 Å². The molecule has 2 aromatic carbocycles. The average Bonchev–Trinajstić information content (AvgIpc) is 3.02. The van der Waals surface area contributed by atoms with Gasteiger partial charge in [0.05, 0.1) is 4.90 Å². The fraction of sp³-hybridized carbons (Fsp3) is 0.263. The second kappa shape index (κ2) is 7.03. The predicted molar refractivity (Wildman–Crippen MR) is 102 cm³/mol. The summed E-state index contributed by atoms with van der Waals surface area (Å²) >= 11 is 0. The van der Waals surface area contributed by atoms with Crippen LogP contribution in [0.1, 0.15) is 27.0 Å². The lowest BCUT2D eigenvalue weighted by Gasteiger charge is -2.17. The van der Waals surface area contributed by atoms with E-state index in [1.807, 2.05) is 6.07 Å². The van der Waals surface area contributed by atoms with Crippen LogP contribution in [0.25, 0.3) is 0 Å². The van der Waals surface area contributed by atoms with Crippen LogP contribution < -0.4 is 14.9 Å². The molecule has 1 fully saturated rings. The molecule has 8 heteroatoms. The number of nitrogens with one attached hydrogen (secondary N) is 2. The molecule has 0 radical (unpaired) electrons. The first-order chi connectivity index (χ1) is 12.7. The van der Waals surface area contributed by atoms with Gasteiger partial charge in [-0.05, 0) is 61.7 Å². The van der Waals surface area contributed by atoms with Crippen molar-refractivity contribution in [3.8, 4) is 0 Å². The molecule has 0 spiro atoms. The van der Waals surface area contributed by atoms with Gasteiger partial charge in [0.25, 0.3) is 15.9 Å². The number of anilines is 1. The smallest absolute Gasteiger partial charge is 0.322 e. The normalized spacial score (nSPS) is 14.2. The van der Waals surface area contributed by atoms with E-state index in [2.05, 4.69) is 10.0 Å². The molecule has 0 saturated carbocycles. The summed E-state index contributed by atoms with van der Waals surface area (Å²) < 4.78 is 27.3. The number of hydrogen-bond acceptors (Lipinski definition) is 4. The first kappa shape index (κ1) is 18.9. The Morgan fingerprint density at radius 3 is 2.44 bits per heavy atom. The van der Waals surface area contributed by atoms with E-state index in [1.165, 1.54) is 12.1 Å². The molecule has 0 aromatic heterocycles. The monoisotopic (exact) mass is 387 g/mol. The maximum absolute atomic E-state index is 12.6. The molecule has 3 rings (SSSR count). The van der Waals surface area contributed by atoms with Crippen LogP contribution in [-0.4, -0.2) is 33.4 Å². The van der Waals surface area contributed by atoms with E-state index in [-0.39, 0.29) is 16.5 Å². The first-order valence-corrected chi connectivity index (χ1v) is 9.98. The number of carbonyl (C=O) groups excluding carboxylic acids is 2. The van der Waals surface area contributed by atoms with Crippen LogP contribution in [0.4, 0.5) is 10.5 Å². The number of urea groups is 1. The molecule has 0 aliphatic carbocycles. The summed E-state index contributed by atoms with van der Waals surface area (Å²) in [5.74, 6) is -0.712. The lowest BCUT2D eigenvalue weighted by Crippen LogP contribution is -2.31. The molecule has 1 aliphatic rings. The second-order valence-corrected chi connectivity index (χ2v) is 8.24. The van der Waals surface area contributed by atoms with Gasteiger partial charge in [0.1, 0.15) is 0 Å². The molecule has 1 heterocycles. The summed E-state index contributed by atoms with van der Waals surface area (Å²) in [5, 5.41) is 2.72. The van der Waals surface area contributed by atoms with Crippen molar-refractivity contribution in [2.75, 3.05) is 18.0 Å². The average molecular weight is 387 g/mol. The fourth-order valence-electron chi connectivity index (χ4n) is 3.03. The maximum Gasteiger partial charge on any atom is 0.322 e. The van der Waals surface area contributed by atoms with E-state index >= 15 is 0 Å². The second-order valence-electron chi connectivity index (χ2n) is 6.59. The lowest BCUT2D eigenvalue weighted by molar-refractivity contribution is 0.0981. The van der Waals surface area contributed by atoms with Gasteiger partial charge in [-0.1, -0.05) is 12.1 Å². The summed E-state index contributed by atoms with van der Waals surface area (Å²) in [6.45, 7) is 6.35. The molecular weight excluding hydrogens is 366 g/mol. The SMILES string of the molecule is Cc1ccc(C)c(S(=O)(=O)NC(=O)c2ccc(N3CCNC3=O)c(C)c2)c1. The minimum Gasteiger partial charge on any atom is -0.336 e. The van der Waals surface area contributed by atoms with Crippen molar-refractivity contribution in [2.45, 2.75) is 25.7 Å². The lowest BCUT2D eigenvalue weighted by atomic mass is 10.1. The van der Waals surface area contributed by atoms with Gasteiger partial charge in [-0.15, -0.1) is 0 Å². The molecule has 142 valence electrons. The number of nitrogens with zero attached hydrogens (tertiary/aromatic N) is 1.